The number of urea groups is 1. The Hall–Kier alpha value is -3.79. The fraction of sp³-hybridized carbons (Fsp3) is 0.261. The highest BCUT2D eigenvalue weighted by Gasteiger charge is 2.35. The van der Waals surface area contributed by atoms with Crippen LogP contribution in [0.1, 0.15) is 35.9 Å². The quantitative estimate of drug-likeness (QED) is 0.343. The Balaban J connectivity index is 1.68. The minimum absolute atomic E-state index is 0.165. The predicted molar refractivity (Wildman–Crippen MR) is 131 cm³/mol. The maximum Gasteiger partial charge on any atom is 0.332 e. The van der Waals surface area contributed by atoms with E-state index >= 15 is 0 Å². The molecule has 2 aromatic heterocycles. The number of aliphatic imine (C=N–C) groups is 1. The largest absolute Gasteiger partial charge is 0.348 e. The average molecular weight is 465 g/mol. The smallest absolute Gasteiger partial charge is 0.332 e. The SMILES string of the molecule is C=CC(=O)N[C@@H]1CCC[C@@H]1NC(=O)c1sc2nccc3c2c1NC(=O)N3C(C=C)=N/C=C\C. The first-order valence-corrected chi connectivity index (χ1v) is 11.4. The third-order valence-electron chi connectivity index (χ3n) is 5.57. The monoisotopic (exact) mass is 464 g/mol. The molecule has 10 heteroatoms. The van der Waals surface area contributed by atoms with E-state index in [9.17, 15) is 14.4 Å². The van der Waals surface area contributed by atoms with Gasteiger partial charge in [-0.2, -0.15) is 0 Å². The summed E-state index contributed by atoms with van der Waals surface area (Å²) in [6.07, 6.45) is 10.1. The highest BCUT2D eigenvalue weighted by Crippen LogP contribution is 2.43. The van der Waals surface area contributed by atoms with Gasteiger partial charge >= 0.3 is 6.03 Å². The third kappa shape index (κ3) is 4.17. The van der Waals surface area contributed by atoms with Gasteiger partial charge in [-0.05, 0) is 44.4 Å². The van der Waals surface area contributed by atoms with Crippen molar-refractivity contribution in [2.24, 2.45) is 4.99 Å². The number of allylic oxidation sites excluding steroid dienone is 1. The van der Waals surface area contributed by atoms with E-state index in [1.54, 1.807) is 24.5 Å². The van der Waals surface area contributed by atoms with Gasteiger partial charge in [0, 0.05) is 24.5 Å². The summed E-state index contributed by atoms with van der Waals surface area (Å²) in [5.74, 6) is -0.228. The van der Waals surface area contributed by atoms with Crippen molar-refractivity contribution in [3.8, 4) is 0 Å². The molecule has 170 valence electrons. The van der Waals surface area contributed by atoms with Crippen molar-refractivity contribution in [2.45, 2.75) is 38.3 Å². The van der Waals surface area contributed by atoms with Crippen LogP contribution in [0.3, 0.4) is 0 Å². The zero-order valence-corrected chi connectivity index (χ0v) is 18.9. The summed E-state index contributed by atoms with van der Waals surface area (Å²) in [5, 5.41) is 9.40. The number of amidine groups is 1. The van der Waals surface area contributed by atoms with E-state index in [2.05, 4.69) is 39.1 Å². The van der Waals surface area contributed by atoms with E-state index in [4.69, 9.17) is 0 Å². The lowest BCUT2D eigenvalue weighted by Gasteiger charge is -2.28. The molecule has 1 saturated carbocycles. The minimum Gasteiger partial charge on any atom is -0.348 e. The molecule has 0 aromatic carbocycles. The summed E-state index contributed by atoms with van der Waals surface area (Å²) >= 11 is 1.21. The van der Waals surface area contributed by atoms with Crippen molar-refractivity contribution in [3.63, 3.8) is 0 Å². The molecule has 1 fully saturated rings. The maximum absolute atomic E-state index is 13.2. The van der Waals surface area contributed by atoms with Crippen LogP contribution < -0.4 is 20.9 Å². The first kappa shape index (κ1) is 22.4. The van der Waals surface area contributed by atoms with Gasteiger partial charge in [-0.15, -0.1) is 11.3 Å². The second kappa shape index (κ2) is 9.37. The van der Waals surface area contributed by atoms with Crippen molar-refractivity contribution < 1.29 is 14.4 Å². The molecule has 2 atom stereocenters. The van der Waals surface area contributed by atoms with Gasteiger partial charge in [0.2, 0.25) is 5.91 Å². The highest BCUT2D eigenvalue weighted by molar-refractivity contribution is 7.21. The number of anilines is 2. The average Bonchev–Trinajstić information content (AvgIpc) is 3.40. The van der Waals surface area contributed by atoms with Crippen LogP contribution in [-0.4, -0.2) is 40.7 Å². The Morgan fingerprint density at radius 1 is 1.27 bits per heavy atom. The molecule has 33 heavy (non-hydrogen) atoms. The number of thiophene rings is 1. The van der Waals surface area contributed by atoms with Crippen molar-refractivity contribution in [1.29, 1.82) is 0 Å². The summed E-state index contributed by atoms with van der Waals surface area (Å²) in [6.45, 7) is 9.07. The summed E-state index contributed by atoms with van der Waals surface area (Å²) in [4.78, 5) is 49.1. The molecule has 1 aliphatic heterocycles. The highest BCUT2D eigenvalue weighted by atomic mass is 32.1. The number of hydrogen-bond donors (Lipinski definition) is 3. The van der Waals surface area contributed by atoms with Crippen LogP contribution in [0.2, 0.25) is 0 Å². The lowest BCUT2D eigenvalue weighted by atomic mass is 10.1. The molecule has 3 N–H and O–H groups in total. The Kier molecular flexibility index (Phi) is 6.36. The lowest BCUT2D eigenvalue weighted by Crippen LogP contribution is -2.48. The van der Waals surface area contributed by atoms with Crippen LogP contribution >= 0.6 is 11.3 Å². The molecular weight excluding hydrogens is 440 g/mol. The maximum atomic E-state index is 13.2. The molecule has 0 saturated heterocycles. The zero-order valence-electron chi connectivity index (χ0n) is 18.1. The summed E-state index contributed by atoms with van der Waals surface area (Å²) in [7, 11) is 0. The molecule has 9 nitrogen and oxygen atoms in total. The van der Waals surface area contributed by atoms with Gasteiger partial charge in [0.1, 0.15) is 15.5 Å². The normalized spacial score (nSPS) is 20.1. The summed E-state index contributed by atoms with van der Waals surface area (Å²) in [6, 6.07) is 0.901. The van der Waals surface area contributed by atoms with Gasteiger partial charge in [-0.25, -0.2) is 19.7 Å². The summed E-state index contributed by atoms with van der Waals surface area (Å²) < 4.78 is 0. The van der Waals surface area contributed by atoms with E-state index in [1.807, 2.05) is 6.92 Å². The van der Waals surface area contributed by atoms with Crippen molar-refractivity contribution in [2.75, 3.05) is 10.2 Å². The van der Waals surface area contributed by atoms with E-state index in [0.29, 0.717) is 32.3 Å². The molecule has 2 aliphatic rings. The van der Waals surface area contributed by atoms with Crippen LogP contribution in [-0.2, 0) is 4.79 Å². The number of carbonyl (C=O) groups is 3. The Morgan fingerprint density at radius 3 is 2.73 bits per heavy atom. The minimum atomic E-state index is -0.442. The van der Waals surface area contributed by atoms with Gasteiger partial charge in [0.05, 0.1) is 16.8 Å². The number of carbonyl (C=O) groups excluding carboxylic acids is 3. The molecule has 0 radical (unpaired) electrons. The number of rotatable bonds is 6. The molecule has 3 heterocycles. The van der Waals surface area contributed by atoms with Crippen LogP contribution in [0.5, 0.6) is 0 Å². The van der Waals surface area contributed by atoms with E-state index in [1.165, 1.54) is 28.4 Å². The van der Waals surface area contributed by atoms with Crippen molar-refractivity contribution >= 4 is 56.6 Å². The van der Waals surface area contributed by atoms with E-state index in [0.717, 1.165) is 19.3 Å². The number of nitrogens with one attached hydrogen (secondary N) is 3. The van der Waals surface area contributed by atoms with Gasteiger partial charge in [-0.1, -0.05) is 19.2 Å². The predicted octanol–water partition coefficient (Wildman–Crippen LogP) is 3.72. The first-order valence-electron chi connectivity index (χ1n) is 10.6. The Bertz CT molecular complexity index is 1210. The van der Waals surface area contributed by atoms with Gasteiger partial charge < -0.3 is 16.0 Å². The number of aromatic nitrogens is 1. The molecule has 4 amide bonds. The molecule has 1 aliphatic carbocycles. The number of pyridine rings is 1. The fourth-order valence-corrected chi connectivity index (χ4v) is 5.13. The van der Waals surface area contributed by atoms with E-state index in [-0.39, 0.29) is 23.9 Å². The van der Waals surface area contributed by atoms with E-state index < -0.39 is 6.03 Å². The molecular formula is C23H24N6O3S. The number of hydrogen-bond acceptors (Lipinski definition) is 6. The second-order valence-corrected chi connectivity index (χ2v) is 8.58. The molecule has 4 rings (SSSR count). The topological polar surface area (TPSA) is 116 Å². The molecule has 0 bridgehead atoms. The Labute approximate surface area is 195 Å². The standard InChI is InChI=1S/C23H24N6O3S/c1-4-11-24-16(5-2)29-15-10-12-25-22-18(15)19(28-23(29)32)20(33-22)21(31)27-14-9-7-8-13(14)26-17(30)6-3/h4-6,10-14H,2-3,7-9H2,1H3,(H,26,30)(H,27,31)(H,28,32)/b11-4-,24-16?/t13-,14+/m1/s1. The lowest BCUT2D eigenvalue weighted by molar-refractivity contribution is -0.117. The molecule has 2 aromatic rings. The number of nitrogens with zero attached hydrogens (tertiary/aromatic N) is 3. The van der Waals surface area contributed by atoms with Crippen molar-refractivity contribution in [3.05, 3.63) is 54.7 Å². The van der Waals surface area contributed by atoms with Crippen LogP contribution in [0.15, 0.2) is 54.8 Å². The Morgan fingerprint density at radius 2 is 2.03 bits per heavy atom. The second-order valence-electron chi connectivity index (χ2n) is 7.59. The first-order chi connectivity index (χ1) is 16.0. The summed E-state index contributed by atoms with van der Waals surface area (Å²) in [5.41, 5.74) is 1.00. The van der Waals surface area contributed by atoms with Gasteiger partial charge in [0.25, 0.3) is 5.91 Å². The number of amides is 4. The zero-order chi connectivity index (χ0) is 23.5. The van der Waals surface area contributed by atoms with Gasteiger partial charge in [-0.3, -0.25) is 9.59 Å². The van der Waals surface area contributed by atoms with Crippen LogP contribution in [0, 0.1) is 0 Å². The van der Waals surface area contributed by atoms with Gasteiger partial charge in [0.15, 0.2) is 0 Å². The van der Waals surface area contributed by atoms with Crippen molar-refractivity contribution in [1.82, 2.24) is 15.6 Å². The fourth-order valence-electron chi connectivity index (χ4n) is 4.11. The van der Waals surface area contributed by atoms with Crippen LogP contribution in [0.25, 0.3) is 10.2 Å². The molecule has 0 unspecified atom stereocenters. The molecule has 0 spiro atoms. The third-order valence-corrected chi connectivity index (χ3v) is 6.66. The van der Waals surface area contributed by atoms with Crippen LogP contribution in [0.4, 0.5) is 16.2 Å².